The molecule has 8 heteroatoms. The van der Waals surface area contributed by atoms with Gasteiger partial charge in [0.25, 0.3) is 0 Å². The van der Waals surface area contributed by atoms with Crippen LogP contribution in [0.1, 0.15) is 55.2 Å². The minimum atomic E-state index is 0.110. The number of pyridine rings is 2. The molecular formula is C32H37N7O. The number of benzene rings is 1. The molecule has 0 radical (unpaired) electrons. The Hall–Kier alpha value is -3.41. The lowest BCUT2D eigenvalue weighted by Gasteiger charge is -2.38. The number of aromatic nitrogens is 2. The number of nitriles is 1. The molecule has 0 spiro atoms. The molecule has 2 atom stereocenters. The average molecular weight is 536 g/mol. The molecule has 0 saturated carbocycles. The van der Waals surface area contributed by atoms with Gasteiger partial charge in [0.05, 0.1) is 17.4 Å². The lowest BCUT2D eigenvalue weighted by molar-refractivity contribution is 0.110. The standard InChI is InChI=1S/C32H37N7O/c33-15-27-28-20-37(29-17-34-16-22-5-1-2-6-25(22)29)14-9-26(28)30(38-18-23-7-8-24(19-38)35-23)36-31(27)40-21-32-10-3-12-39(32)13-4-11-32/h1-2,5-6,16-17,23-24,35H,3-4,7-14,18-21H2. The third-order valence-corrected chi connectivity index (χ3v) is 10.2. The van der Waals surface area contributed by atoms with E-state index >= 15 is 0 Å². The molecule has 8 rings (SSSR count). The topological polar surface area (TPSA) is 80.5 Å². The van der Waals surface area contributed by atoms with Gasteiger partial charge in [-0.1, -0.05) is 24.3 Å². The maximum absolute atomic E-state index is 10.5. The first kappa shape index (κ1) is 24.4. The second kappa shape index (κ2) is 9.60. The van der Waals surface area contributed by atoms with Crippen molar-refractivity contribution in [2.75, 3.05) is 49.1 Å². The van der Waals surface area contributed by atoms with Gasteiger partial charge < -0.3 is 19.9 Å². The van der Waals surface area contributed by atoms with Crippen LogP contribution in [0.2, 0.25) is 0 Å². The number of nitrogens with zero attached hydrogens (tertiary/aromatic N) is 6. The van der Waals surface area contributed by atoms with Crippen molar-refractivity contribution in [3.63, 3.8) is 0 Å². The molecule has 2 bridgehead atoms. The first-order valence-corrected chi connectivity index (χ1v) is 15.1. The van der Waals surface area contributed by atoms with Gasteiger partial charge in [0.1, 0.15) is 24.1 Å². The summed E-state index contributed by atoms with van der Waals surface area (Å²) in [5, 5.41) is 16.6. The Bertz CT molecular complexity index is 1470. The zero-order chi connectivity index (χ0) is 26.7. The van der Waals surface area contributed by atoms with Crippen molar-refractivity contribution in [3.8, 4) is 11.9 Å². The quantitative estimate of drug-likeness (QED) is 0.525. The molecule has 0 amide bonds. The van der Waals surface area contributed by atoms with Crippen molar-refractivity contribution < 1.29 is 4.74 Å². The summed E-state index contributed by atoms with van der Waals surface area (Å²) in [4.78, 5) is 17.2. The molecule has 5 aliphatic heterocycles. The van der Waals surface area contributed by atoms with E-state index < -0.39 is 0 Å². The highest BCUT2D eigenvalue weighted by Crippen LogP contribution is 2.42. The van der Waals surface area contributed by atoms with E-state index in [0.717, 1.165) is 61.6 Å². The van der Waals surface area contributed by atoms with Crippen LogP contribution >= 0.6 is 0 Å². The smallest absolute Gasteiger partial charge is 0.234 e. The molecule has 2 unspecified atom stereocenters. The monoisotopic (exact) mass is 535 g/mol. The molecule has 1 aromatic carbocycles. The van der Waals surface area contributed by atoms with Crippen molar-refractivity contribution in [2.24, 2.45) is 0 Å². The van der Waals surface area contributed by atoms with Gasteiger partial charge in [-0.25, -0.2) is 0 Å². The highest BCUT2D eigenvalue weighted by atomic mass is 16.5. The fourth-order valence-corrected chi connectivity index (χ4v) is 8.26. The van der Waals surface area contributed by atoms with Gasteiger partial charge in [0.2, 0.25) is 5.88 Å². The Morgan fingerprint density at radius 3 is 2.60 bits per heavy atom. The number of hydrogen-bond donors (Lipinski definition) is 1. The summed E-state index contributed by atoms with van der Waals surface area (Å²) in [5.41, 5.74) is 4.17. The minimum Gasteiger partial charge on any atom is -0.475 e. The Morgan fingerprint density at radius 2 is 1.80 bits per heavy atom. The largest absolute Gasteiger partial charge is 0.475 e. The zero-order valence-corrected chi connectivity index (χ0v) is 23.1. The Labute approximate surface area is 235 Å². The van der Waals surface area contributed by atoms with Crippen LogP contribution in [0.15, 0.2) is 36.7 Å². The molecule has 40 heavy (non-hydrogen) atoms. The normalized spacial score (nSPS) is 25.2. The number of anilines is 2. The van der Waals surface area contributed by atoms with E-state index in [0.29, 0.717) is 36.7 Å². The lowest BCUT2D eigenvalue weighted by atomic mass is 9.94. The third kappa shape index (κ3) is 3.93. The van der Waals surface area contributed by atoms with E-state index in [1.807, 2.05) is 12.4 Å². The lowest BCUT2D eigenvalue weighted by Crippen LogP contribution is -2.52. The molecular weight excluding hydrogens is 498 g/mol. The summed E-state index contributed by atoms with van der Waals surface area (Å²) in [7, 11) is 0. The molecule has 2 aromatic heterocycles. The van der Waals surface area contributed by atoms with Crippen molar-refractivity contribution >= 4 is 22.3 Å². The van der Waals surface area contributed by atoms with E-state index in [1.54, 1.807) is 0 Å². The summed E-state index contributed by atoms with van der Waals surface area (Å²) in [6.45, 7) is 6.42. The van der Waals surface area contributed by atoms with Crippen LogP contribution in [0.25, 0.3) is 10.8 Å². The highest BCUT2D eigenvalue weighted by Gasteiger charge is 2.45. The number of hydrogen-bond acceptors (Lipinski definition) is 8. The summed E-state index contributed by atoms with van der Waals surface area (Å²) in [5.74, 6) is 1.58. The van der Waals surface area contributed by atoms with Gasteiger partial charge >= 0.3 is 0 Å². The second-order valence-corrected chi connectivity index (χ2v) is 12.5. The number of ether oxygens (including phenoxy) is 1. The van der Waals surface area contributed by atoms with Crippen molar-refractivity contribution in [1.29, 1.82) is 5.26 Å². The predicted octanol–water partition coefficient (Wildman–Crippen LogP) is 4.01. The van der Waals surface area contributed by atoms with Gasteiger partial charge in [-0.05, 0) is 58.0 Å². The fraction of sp³-hybridized carbons (Fsp3) is 0.531. The number of piperazine rings is 1. The number of rotatable bonds is 5. The minimum absolute atomic E-state index is 0.110. The van der Waals surface area contributed by atoms with Crippen LogP contribution in [-0.2, 0) is 13.0 Å². The van der Waals surface area contributed by atoms with Gasteiger partial charge in [0, 0.05) is 66.4 Å². The fourth-order valence-electron chi connectivity index (χ4n) is 8.26. The number of nitrogens with one attached hydrogen (secondary N) is 1. The SMILES string of the molecule is N#Cc1c(OCC23CCCN2CCC3)nc(N2CC3CCC(C2)N3)c2c1CN(c1cncc3ccccc13)CC2. The zero-order valence-electron chi connectivity index (χ0n) is 23.1. The van der Waals surface area contributed by atoms with Crippen LogP contribution in [0.5, 0.6) is 5.88 Å². The van der Waals surface area contributed by atoms with E-state index in [2.05, 4.69) is 55.3 Å². The van der Waals surface area contributed by atoms with Crippen molar-refractivity contribution in [1.82, 2.24) is 20.2 Å². The summed E-state index contributed by atoms with van der Waals surface area (Å²) in [6, 6.07) is 12.0. The van der Waals surface area contributed by atoms with Crippen LogP contribution in [0.4, 0.5) is 11.5 Å². The first-order chi connectivity index (χ1) is 19.7. The Balaban J connectivity index is 1.19. The Kier molecular flexibility index (Phi) is 5.86. The van der Waals surface area contributed by atoms with Crippen LogP contribution in [-0.4, -0.2) is 71.8 Å². The average Bonchev–Trinajstić information content (AvgIpc) is 3.68. The van der Waals surface area contributed by atoms with Crippen molar-refractivity contribution in [2.45, 2.75) is 69.1 Å². The first-order valence-electron chi connectivity index (χ1n) is 15.1. The highest BCUT2D eigenvalue weighted by molar-refractivity contribution is 5.93. The predicted molar refractivity (Wildman–Crippen MR) is 156 cm³/mol. The molecule has 0 aliphatic carbocycles. The van der Waals surface area contributed by atoms with E-state index in [-0.39, 0.29) is 5.54 Å². The summed E-state index contributed by atoms with van der Waals surface area (Å²) < 4.78 is 6.65. The molecule has 1 N–H and O–H groups in total. The van der Waals surface area contributed by atoms with Gasteiger partial charge in [-0.15, -0.1) is 0 Å². The molecule has 3 aromatic rings. The van der Waals surface area contributed by atoms with Gasteiger partial charge in [-0.2, -0.15) is 10.2 Å². The molecule has 7 heterocycles. The van der Waals surface area contributed by atoms with Gasteiger partial charge in [0.15, 0.2) is 0 Å². The van der Waals surface area contributed by atoms with Crippen LogP contribution in [0, 0.1) is 11.3 Å². The molecule has 206 valence electrons. The molecule has 4 fully saturated rings. The van der Waals surface area contributed by atoms with Crippen LogP contribution in [0.3, 0.4) is 0 Å². The maximum atomic E-state index is 10.5. The third-order valence-electron chi connectivity index (χ3n) is 10.2. The molecule has 5 aliphatic rings. The molecule has 4 saturated heterocycles. The maximum Gasteiger partial charge on any atom is 0.234 e. The summed E-state index contributed by atoms with van der Waals surface area (Å²) in [6.07, 6.45) is 12.0. The summed E-state index contributed by atoms with van der Waals surface area (Å²) >= 11 is 0. The second-order valence-electron chi connectivity index (χ2n) is 12.5. The number of fused-ring (bicyclic) bond motifs is 5. The Morgan fingerprint density at radius 1 is 1.00 bits per heavy atom. The van der Waals surface area contributed by atoms with Gasteiger partial charge in [-0.3, -0.25) is 9.88 Å². The van der Waals surface area contributed by atoms with E-state index in [1.165, 1.54) is 49.5 Å². The van der Waals surface area contributed by atoms with E-state index in [4.69, 9.17) is 9.72 Å². The van der Waals surface area contributed by atoms with Crippen LogP contribution < -0.4 is 19.9 Å². The van der Waals surface area contributed by atoms with E-state index in [9.17, 15) is 5.26 Å². The molecule has 8 nitrogen and oxygen atoms in total. The van der Waals surface area contributed by atoms with Crippen molar-refractivity contribution in [3.05, 3.63) is 53.3 Å².